The number of amides is 1. The molecule has 2 unspecified atom stereocenters. The van der Waals surface area contributed by atoms with E-state index in [0.717, 1.165) is 24.9 Å². The Kier molecular flexibility index (Phi) is 4.09. The SMILES string of the molecule is CO[C@@]12CCC(O)CC1N(C(=O)c1ccc(-n3cccn3)cc1)CC2. The van der Waals surface area contributed by atoms with Crippen molar-refractivity contribution in [1.29, 1.82) is 0 Å². The summed E-state index contributed by atoms with van der Waals surface area (Å²) in [5, 5.41) is 14.3. The van der Waals surface area contributed by atoms with Gasteiger partial charge in [0.1, 0.15) is 0 Å². The van der Waals surface area contributed by atoms with E-state index >= 15 is 0 Å². The van der Waals surface area contributed by atoms with Crippen LogP contribution in [0, 0.1) is 0 Å². The summed E-state index contributed by atoms with van der Waals surface area (Å²) in [4.78, 5) is 14.9. The first-order chi connectivity index (χ1) is 12.1. The largest absolute Gasteiger partial charge is 0.393 e. The number of nitrogens with zero attached hydrogens (tertiary/aromatic N) is 3. The summed E-state index contributed by atoms with van der Waals surface area (Å²) in [6.07, 6.45) is 6.20. The second-order valence-corrected chi connectivity index (χ2v) is 6.96. The number of hydrogen-bond donors (Lipinski definition) is 1. The third-order valence-corrected chi connectivity index (χ3v) is 5.71. The molecule has 3 atom stereocenters. The Labute approximate surface area is 147 Å². The van der Waals surface area contributed by atoms with Crippen LogP contribution < -0.4 is 0 Å². The van der Waals surface area contributed by atoms with Crippen molar-refractivity contribution in [2.45, 2.75) is 43.4 Å². The predicted octanol–water partition coefficient (Wildman–Crippen LogP) is 2.02. The average molecular weight is 341 g/mol. The molecule has 4 rings (SSSR count). The minimum atomic E-state index is -0.358. The number of aliphatic hydroxyl groups is 1. The van der Waals surface area contributed by atoms with Crippen LogP contribution in [0.4, 0.5) is 0 Å². The number of carbonyl (C=O) groups excluding carboxylic acids is 1. The lowest BCUT2D eigenvalue weighted by Gasteiger charge is -2.42. The van der Waals surface area contributed by atoms with E-state index in [0.29, 0.717) is 18.5 Å². The fourth-order valence-corrected chi connectivity index (χ4v) is 4.26. The third kappa shape index (κ3) is 2.75. The maximum Gasteiger partial charge on any atom is 0.254 e. The maximum absolute atomic E-state index is 13.0. The van der Waals surface area contributed by atoms with E-state index in [2.05, 4.69) is 5.10 Å². The zero-order chi connectivity index (χ0) is 17.4. The molecule has 2 aromatic rings. The number of likely N-dealkylation sites (tertiary alicyclic amines) is 1. The normalized spacial score (nSPS) is 28.8. The molecule has 1 aliphatic carbocycles. The van der Waals surface area contributed by atoms with Gasteiger partial charge in [-0.3, -0.25) is 4.79 Å². The highest BCUT2D eigenvalue weighted by atomic mass is 16.5. The summed E-state index contributed by atoms with van der Waals surface area (Å²) in [5.74, 6) is 0.00467. The van der Waals surface area contributed by atoms with Crippen LogP contribution >= 0.6 is 0 Å². The summed E-state index contributed by atoms with van der Waals surface area (Å²) in [7, 11) is 1.72. The number of hydrogen-bond acceptors (Lipinski definition) is 4. The molecule has 1 aromatic heterocycles. The number of methoxy groups -OCH3 is 1. The van der Waals surface area contributed by atoms with Gasteiger partial charge in [0.15, 0.2) is 0 Å². The van der Waals surface area contributed by atoms with Gasteiger partial charge in [0.2, 0.25) is 0 Å². The fraction of sp³-hybridized carbons (Fsp3) is 0.474. The van der Waals surface area contributed by atoms with Crippen molar-refractivity contribution in [3.63, 3.8) is 0 Å². The maximum atomic E-state index is 13.0. The van der Waals surface area contributed by atoms with Crippen molar-refractivity contribution < 1.29 is 14.6 Å². The van der Waals surface area contributed by atoms with Gasteiger partial charge in [0.05, 0.1) is 23.4 Å². The molecule has 0 bridgehead atoms. The van der Waals surface area contributed by atoms with Gasteiger partial charge in [-0.15, -0.1) is 0 Å². The number of ether oxygens (including phenoxy) is 1. The monoisotopic (exact) mass is 341 g/mol. The lowest BCUT2D eigenvalue weighted by Crippen LogP contribution is -2.52. The Hall–Kier alpha value is -2.18. The average Bonchev–Trinajstić information content (AvgIpc) is 3.30. The van der Waals surface area contributed by atoms with Crippen molar-refractivity contribution in [2.75, 3.05) is 13.7 Å². The molecule has 2 heterocycles. The summed E-state index contributed by atoms with van der Waals surface area (Å²) in [5.41, 5.74) is 1.27. The fourth-order valence-electron chi connectivity index (χ4n) is 4.26. The predicted molar refractivity (Wildman–Crippen MR) is 92.6 cm³/mol. The van der Waals surface area contributed by atoms with E-state index in [1.807, 2.05) is 41.4 Å². The van der Waals surface area contributed by atoms with E-state index < -0.39 is 0 Å². The van der Waals surface area contributed by atoms with Crippen LogP contribution in [0.15, 0.2) is 42.7 Å². The molecule has 1 saturated carbocycles. The van der Waals surface area contributed by atoms with Crippen LogP contribution in [-0.4, -0.2) is 57.1 Å². The highest BCUT2D eigenvalue weighted by Crippen LogP contribution is 2.42. The zero-order valence-corrected chi connectivity index (χ0v) is 14.3. The van der Waals surface area contributed by atoms with Gasteiger partial charge in [0, 0.05) is 31.6 Å². The van der Waals surface area contributed by atoms with Crippen LogP contribution in [0.25, 0.3) is 5.69 Å². The molecule has 25 heavy (non-hydrogen) atoms. The van der Waals surface area contributed by atoms with Crippen molar-refractivity contribution in [2.24, 2.45) is 0 Å². The Morgan fingerprint density at radius 3 is 2.80 bits per heavy atom. The molecule has 1 N–H and O–H groups in total. The van der Waals surface area contributed by atoms with E-state index in [-0.39, 0.29) is 23.7 Å². The lowest BCUT2D eigenvalue weighted by molar-refractivity contribution is -0.0824. The van der Waals surface area contributed by atoms with Crippen LogP contribution in [0.5, 0.6) is 0 Å². The highest BCUT2D eigenvalue weighted by molar-refractivity contribution is 5.95. The van der Waals surface area contributed by atoms with Crippen LogP contribution in [0.3, 0.4) is 0 Å². The minimum absolute atomic E-state index is 0.00467. The Balaban J connectivity index is 1.56. The molecular formula is C19H23N3O3. The van der Waals surface area contributed by atoms with Crippen LogP contribution in [0.1, 0.15) is 36.0 Å². The topological polar surface area (TPSA) is 67.6 Å². The summed E-state index contributed by atoms with van der Waals surface area (Å²) < 4.78 is 7.58. The summed E-state index contributed by atoms with van der Waals surface area (Å²) in [6, 6.07) is 9.28. The van der Waals surface area contributed by atoms with Gasteiger partial charge < -0.3 is 14.7 Å². The van der Waals surface area contributed by atoms with Gasteiger partial charge in [-0.25, -0.2) is 4.68 Å². The standard InChI is InChI=1S/C19H23N3O3/c1-25-19-8-7-16(23)13-17(19)21(12-9-19)18(24)14-3-5-15(6-4-14)22-11-2-10-20-22/h2-6,10-11,16-17,23H,7-9,12-13H2,1H3/t16?,17?,19-/m1/s1. The first-order valence-corrected chi connectivity index (χ1v) is 8.77. The summed E-state index contributed by atoms with van der Waals surface area (Å²) >= 11 is 0. The Morgan fingerprint density at radius 2 is 2.12 bits per heavy atom. The van der Waals surface area contributed by atoms with E-state index in [1.165, 1.54) is 0 Å². The first-order valence-electron chi connectivity index (χ1n) is 8.77. The molecule has 1 amide bonds. The van der Waals surface area contributed by atoms with Gasteiger partial charge >= 0.3 is 0 Å². The molecule has 1 aliphatic heterocycles. The molecule has 1 saturated heterocycles. The van der Waals surface area contributed by atoms with Crippen LogP contribution in [0.2, 0.25) is 0 Å². The number of aromatic nitrogens is 2. The Morgan fingerprint density at radius 1 is 1.32 bits per heavy atom. The molecule has 2 fully saturated rings. The Bertz CT molecular complexity index is 744. The molecule has 6 nitrogen and oxygen atoms in total. The second-order valence-electron chi connectivity index (χ2n) is 6.96. The number of rotatable bonds is 3. The van der Waals surface area contributed by atoms with Gasteiger partial charge in [-0.05, 0) is 56.0 Å². The molecule has 0 spiro atoms. The molecule has 2 aliphatic rings. The van der Waals surface area contributed by atoms with Crippen molar-refractivity contribution >= 4 is 5.91 Å². The molecule has 132 valence electrons. The number of fused-ring (bicyclic) bond motifs is 1. The van der Waals surface area contributed by atoms with Crippen molar-refractivity contribution in [3.05, 3.63) is 48.3 Å². The smallest absolute Gasteiger partial charge is 0.254 e. The number of carbonyl (C=O) groups is 1. The van der Waals surface area contributed by atoms with E-state index in [1.54, 1.807) is 18.0 Å². The van der Waals surface area contributed by atoms with Crippen LogP contribution in [-0.2, 0) is 4.74 Å². The quantitative estimate of drug-likeness (QED) is 0.927. The van der Waals surface area contributed by atoms with Gasteiger partial charge in [-0.1, -0.05) is 0 Å². The van der Waals surface area contributed by atoms with E-state index in [4.69, 9.17) is 4.74 Å². The molecule has 0 radical (unpaired) electrons. The van der Waals surface area contributed by atoms with Crippen molar-refractivity contribution in [3.8, 4) is 5.69 Å². The molecule has 1 aromatic carbocycles. The highest BCUT2D eigenvalue weighted by Gasteiger charge is 2.52. The van der Waals surface area contributed by atoms with Crippen molar-refractivity contribution in [1.82, 2.24) is 14.7 Å². The van der Waals surface area contributed by atoms with E-state index in [9.17, 15) is 9.90 Å². The zero-order valence-electron chi connectivity index (χ0n) is 14.3. The number of aliphatic hydroxyl groups excluding tert-OH is 1. The lowest BCUT2D eigenvalue weighted by atomic mass is 9.79. The number of benzene rings is 1. The second kappa shape index (κ2) is 6.28. The third-order valence-electron chi connectivity index (χ3n) is 5.71. The summed E-state index contributed by atoms with van der Waals surface area (Å²) in [6.45, 7) is 0.672. The molecule has 6 heteroatoms. The van der Waals surface area contributed by atoms with Gasteiger partial charge in [0.25, 0.3) is 5.91 Å². The first kappa shape index (κ1) is 16.3. The molecular weight excluding hydrogens is 318 g/mol. The minimum Gasteiger partial charge on any atom is -0.393 e. The van der Waals surface area contributed by atoms with Gasteiger partial charge in [-0.2, -0.15) is 5.10 Å².